The summed E-state index contributed by atoms with van der Waals surface area (Å²) < 4.78 is 4.91. The number of amides is 12. The van der Waals surface area contributed by atoms with Gasteiger partial charge in [-0.15, -0.1) is 0 Å². The zero-order valence-electron chi connectivity index (χ0n) is 23.7. The highest BCUT2D eigenvalue weighted by Gasteiger charge is 2.28. The Morgan fingerprint density at radius 2 is 1.06 bits per heavy atom. The Balaban J connectivity index is 0.000000204. The molecule has 0 bridgehead atoms. The molecule has 0 aromatic heterocycles. The number of nitrogens with zero attached hydrogens (tertiary/aromatic N) is 1. The number of phenolic OH excluding ortho intramolecular Hbond substituents is 1. The minimum Gasteiger partial charge on any atom is -0.504 e. The van der Waals surface area contributed by atoms with E-state index in [2.05, 4.69) is 0 Å². The number of carbonyl (C=O) groups excluding carboxylic acids is 9. The molecule has 0 unspecified atom stereocenters. The van der Waals surface area contributed by atoms with Gasteiger partial charge in [0.25, 0.3) is 29.3 Å². The Morgan fingerprint density at radius 3 is 1.47 bits per heavy atom. The molecule has 3 heterocycles. The number of hydrogen-bond acceptors (Lipinski definition) is 13. The molecule has 3 fully saturated rings. The van der Waals surface area contributed by atoms with Crippen molar-refractivity contribution in [3.05, 3.63) is 74.9 Å². The van der Waals surface area contributed by atoms with E-state index in [0.29, 0.717) is 11.1 Å². The topological polar surface area (TPSA) is 298 Å². The van der Waals surface area contributed by atoms with Crippen molar-refractivity contribution < 1.29 is 57.9 Å². The summed E-state index contributed by atoms with van der Waals surface area (Å²) in [6.07, 6.45) is 2.27. The van der Waals surface area contributed by atoms with Crippen LogP contribution in [-0.4, -0.2) is 70.7 Å². The Bertz CT molecular complexity index is 1710. The predicted molar refractivity (Wildman–Crippen MR) is 153 cm³/mol. The second-order valence-electron chi connectivity index (χ2n) is 8.97. The number of ether oxygens (including phenoxy) is 1. The molecule has 0 saturated carbocycles. The molecule has 242 valence electrons. The van der Waals surface area contributed by atoms with Crippen molar-refractivity contribution in [1.29, 1.82) is 0 Å². The van der Waals surface area contributed by atoms with Crippen LogP contribution in [0.1, 0.15) is 17.5 Å². The lowest BCUT2D eigenvalue weighted by Gasteiger charge is -2.14. The summed E-state index contributed by atoms with van der Waals surface area (Å²) in [6.45, 7) is 0. The zero-order chi connectivity index (χ0) is 34.8. The van der Waals surface area contributed by atoms with Gasteiger partial charge in [0.2, 0.25) is 11.8 Å². The van der Waals surface area contributed by atoms with Gasteiger partial charge in [0.1, 0.15) is 17.6 Å². The first-order valence-corrected chi connectivity index (χ1v) is 12.7. The fourth-order valence-electron chi connectivity index (χ4n) is 3.54. The molecule has 3 aliphatic heterocycles. The number of phenols is 1. The fourth-order valence-corrected chi connectivity index (χ4v) is 3.54. The maximum atomic E-state index is 11.5. The summed E-state index contributed by atoms with van der Waals surface area (Å²) in [4.78, 5) is 108. The second-order valence-corrected chi connectivity index (χ2v) is 8.97. The lowest BCUT2D eigenvalue weighted by atomic mass is 10.1. The van der Waals surface area contributed by atoms with Crippen molar-refractivity contribution in [2.45, 2.75) is 6.42 Å². The van der Waals surface area contributed by atoms with Crippen LogP contribution in [0.3, 0.4) is 0 Å². The second kappa shape index (κ2) is 15.0. The lowest BCUT2D eigenvalue weighted by molar-refractivity contribution is -0.384. The first-order chi connectivity index (χ1) is 22.2. The number of methoxy groups -OCH3 is 1. The zero-order valence-corrected chi connectivity index (χ0v) is 23.7. The average molecular weight is 652 g/mol. The van der Waals surface area contributed by atoms with Crippen LogP contribution in [0.2, 0.25) is 0 Å². The molecule has 0 atom stereocenters. The molecule has 12 amide bonds. The van der Waals surface area contributed by atoms with Gasteiger partial charge < -0.3 is 9.84 Å². The highest BCUT2D eigenvalue weighted by Crippen LogP contribution is 2.27. The third-order valence-corrected chi connectivity index (χ3v) is 5.64. The van der Waals surface area contributed by atoms with Crippen LogP contribution in [0.4, 0.5) is 20.1 Å². The summed E-state index contributed by atoms with van der Waals surface area (Å²) in [5, 5.41) is 31.5. The van der Waals surface area contributed by atoms with Crippen LogP contribution < -0.4 is 36.6 Å². The van der Waals surface area contributed by atoms with Gasteiger partial charge >= 0.3 is 18.1 Å². The predicted octanol–water partition coefficient (Wildman–Crippen LogP) is -0.763. The molecule has 2 aromatic rings. The smallest absolute Gasteiger partial charge is 0.328 e. The summed E-state index contributed by atoms with van der Waals surface area (Å²) in [6, 6.07) is 7.13. The number of benzene rings is 2. The molecule has 0 spiro atoms. The summed E-state index contributed by atoms with van der Waals surface area (Å²) in [5.41, 5.74) is 0.361. The van der Waals surface area contributed by atoms with Gasteiger partial charge in [0.05, 0.1) is 12.0 Å². The molecule has 2 aromatic carbocycles. The molecule has 0 radical (unpaired) electrons. The van der Waals surface area contributed by atoms with Gasteiger partial charge in [-0.2, -0.15) is 0 Å². The number of carbonyl (C=O) groups is 9. The van der Waals surface area contributed by atoms with Crippen LogP contribution in [0.25, 0.3) is 12.2 Å². The number of hydrogen-bond donors (Lipinski definition) is 7. The highest BCUT2D eigenvalue weighted by molar-refractivity contribution is 6.31. The van der Waals surface area contributed by atoms with Crippen LogP contribution in [0.5, 0.6) is 11.5 Å². The van der Waals surface area contributed by atoms with Crippen LogP contribution in [0.15, 0.2) is 53.6 Å². The third kappa shape index (κ3) is 9.62. The van der Waals surface area contributed by atoms with Crippen molar-refractivity contribution in [3.8, 4) is 11.5 Å². The lowest BCUT2D eigenvalue weighted by Crippen LogP contribution is -2.51. The Labute approximate surface area is 261 Å². The van der Waals surface area contributed by atoms with E-state index in [4.69, 9.17) is 4.74 Å². The van der Waals surface area contributed by atoms with Crippen molar-refractivity contribution >= 4 is 71.4 Å². The minimum atomic E-state index is -0.879. The monoisotopic (exact) mass is 651 g/mol. The number of nitro groups is 1. The number of nitro benzene ring substituents is 1. The largest absolute Gasteiger partial charge is 0.504 e. The van der Waals surface area contributed by atoms with E-state index in [0.717, 1.165) is 0 Å². The molecule has 20 nitrogen and oxygen atoms in total. The van der Waals surface area contributed by atoms with Gasteiger partial charge in [-0.25, -0.2) is 14.4 Å². The van der Waals surface area contributed by atoms with E-state index >= 15 is 0 Å². The molecular weight excluding hydrogens is 630 g/mol. The molecular formula is C27H21N7O13. The van der Waals surface area contributed by atoms with Gasteiger partial charge in [-0.1, -0.05) is 6.07 Å². The van der Waals surface area contributed by atoms with Crippen molar-refractivity contribution in [2.24, 2.45) is 0 Å². The number of nitrogens with one attached hydrogen (secondary N) is 6. The maximum Gasteiger partial charge on any atom is 0.328 e. The maximum absolute atomic E-state index is 11.5. The number of aromatic hydroxyl groups is 1. The number of urea groups is 3. The molecule has 7 N–H and O–H groups in total. The number of rotatable bonds is 4. The molecule has 5 rings (SSSR count). The molecule has 20 heteroatoms. The van der Waals surface area contributed by atoms with E-state index in [-0.39, 0.29) is 34.8 Å². The third-order valence-electron chi connectivity index (χ3n) is 5.64. The van der Waals surface area contributed by atoms with Crippen molar-refractivity contribution in [2.75, 3.05) is 7.11 Å². The van der Waals surface area contributed by atoms with E-state index in [1.807, 2.05) is 31.9 Å². The number of imide groups is 6. The summed E-state index contributed by atoms with van der Waals surface area (Å²) >= 11 is 0. The highest BCUT2D eigenvalue weighted by atomic mass is 16.6. The standard InChI is InChI=1S/C12H10N2O5.C11H7N3O5.C4H4N2O3/c1-19-9-5-6(2-3-8(9)15)4-7-10(16)13-12(18)14-11(7)17;15-9-8(10(16)13-11(17)12-9)5-6-1-3-7(4-2-6)14(18)19;7-2-1-3(8)6-4(9)5-2/h2-5,15H,1H3,(H2,13,14,16,17,18);1-5H,(H2,12,13,15,16,17);1H2,(H2,5,6,7,8,9). The molecule has 0 aliphatic carbocycles. The van der Waals surface area contributed by atoms with Gasteiger partial charge in [0.15, 0.2) is 11.5 Å². The van der Waals surface area contributed by atoms with Gasteiger partial charge in [-0.3, -0.25) is 70.8 Å². The summed E-state index contributed by atoms with van der Waals surface area (Å²) in [7, 11) is 1.38. The molecule has 47 heavy (non-hydrogen) atoms. The van der Waals surface area contributed by atoms with E-state index in [1.54, 1.807) is 0 Å². The van der Waals surface area contributed by atoms with Crippen LogP contribution in [-0.2, 0) is 28.8 Å². The van der Waals surface area contributed by atoms with Gasteiger partial charge in [0, 0.05) is 12.1 Å². The van der Waals surface area contributed by atoms with E-state index < -0.39 is 58.5 Å². The Morgan fingerprint density at radius 1 is 0.660 bits per heavy atom. The fraction of sp³-hybridized carbons (Fsp3) is 0.0741. The minimum absolute atomic E-state index is 0.0580. The Kier molecular flexibility index (Phi) is 10.9. The first kappa shape index (κ1) is 34.2. The average Bonchev–Trinajstić information content (AvgIpc) is 2.98. The number of non-ortho nitro benzene ring substituents is 1. The van der Waals surface area contributed by atoms with Crippen molar-refractivity contribution in [1.82, 2.24) is 31.9 Å². The first-order valence-electron chi connectivity index (χ1n) is 12.7. The summed E-state index contributed by atoms with van der Waals surface area (Å²) in [5.74, 6) is -4.13. The molecule has 3 saturated heterocycles. The van der Waals surface area contributed by atoms with Gasteiger partial charge in [-0.05, 0) is 47.5 Å². The van der Waals surface area contributed by atoms with Crippen LogP contribution >= 0.6 is 0 Å². The Hall–Kier alpha value is -7.25. The number of barbiturate groups is 3. The normalized spacial score (nSPS) is 15.6. The molecule has 3 aliphatic rings. The van der Waals surface area contributed by atoms with E-state index in [1.165, 1.54) is 61.7 Å². The van der Waals surface area contributed by atoms with E-state index in [9.17, 15) is 58.4 Å². The quantitative estimate of drug-likeness (QED) is 0.0704. The van der Waals surface area contributed by atoms with Crippen LogP contribution in [0, 0.1) is 10.1 Å². The van der Waals surface area contributed by atoms with Crippen molar-refractivity contribution in [3.63, 3.8) is 0 Å². The SMILES string of the molecule is COc1cc(C=C2C(=O)NC(=O)NC2=O)ccc1O.O=C1CC(=O)NC(=O)N1.O=C1NC(=O)C(=Cc2ccc([N+](=O)[O-])cc2)C(=O)N1.